The monoisotopic (exact) mass is 196 g/mol. The molecule has 1 rings (SSSR count). The molecule has 2 N–H and O–H groups in total. The van der Waals surface area contributed by atoms with Gasteiger partial charge in [-0.25, -0.2) is 4.79 Å². The molecule has 14 heavy (non-hydrogen) atoms. The van der Waals surface area contributed by atoms with Gasteiger partial charge >= 0.3 is 5.97 Å². The normalized spacial score (nSPS) is 10.0. The average molecular weight is 196 g/mol. The molecular formula is C8H12N4O2. The Labute approximate surface area is 81.2 Å². The Morgan fingerprint density at radius 1 is 1.64 bits per heavy atom. The van der Waals surface area contributed by atoms with E-state index in [9.17, 15) is 4.79 Å². The standard InChI is InChI=1S/C8H12N4O2/c1-7(8(13)14)6-9-2-4-12-5-3-10-11-12/h3,5,9H,1-2,4,6H2,(H,13,14). The Kier molecular flexibility index (Phi) is 3.81. The highest BCUT2D eigenvalue weighted by Gasteiger charge is 2.01. The number of aromatic nitrogens is 3. The molecule has 6 nitrogen and oxygen atoms in total. The van der Waals surface area contributed by atoms with Gasteiger partial charge in [0.05, 0.1) is 12.7 Å². The molecule has 76 valence electrons. The van der Waals surface area contributed by atoms with Crippen molar-refractivity contribution in [2.45, 2.75) is 6.54 Å². The van der Waals surface area contributed by atoms with Gasteiger partial charge in [-0.3, -0.25) is 4.68 Å². The predicted octanol–water partition coefficient (Wildman–Crippen LogP) is -0.492. The van der Waals surface area contributed by atoms with Crippen molar-refractivity contribution < 1.29 is 9.90 Å². The maximum Gasteiger partial charge on any atom is 0.332 e. The number of rotatable bonds is 6. The van der Waals surface area contributed by atoms with Crippen LogP contribution < -0.4 is 5.32 Å². The fourth-order valence-electron chi connectivity index (χ4n) is 0.860. The summed E-state index contributed by atoms with van der Waals surface area (Å²) in [6, 6.07) is 0. The molecule has 6 heteroatoms. The summed E-state index contributed by atoms with van der Waals surface area (Å²) in [7, 11) is 0. The second-order valence-corrected chi connectivity index (χ2v) is 2.75. The van der Waals surface area contributed by atoms with Gasteiger partial charge in [0.2, 0.25) is 0 Å². The first-order valence-corrected chi connectivity index (χ1v) is 4.16. The Bertz CT molecular complexity index is 307. The summed E-state index contributed by atoms with van der Waals surface area (Å²) in [4.78, 5) is 10.4. The first-order chi connectivity index (χ1) is 6.70. The quantitative estimate of drug-likeness (QED) is 0.474. The summed E-state index contributed by atoms with van der Waals surface area (Å²) < 4.78 is 1.66. The molecule has 0 spiro atoms. The molecule has 0 atom stereocenters. The lowest BCUT2D eigenvalue weighted by atomic mass is 10.3. The van der Waals surface area contributed by atoms with Gasteiger partial charge in [0, 0.05) is 24.9 Å². The highest BCUT2D eigenvalue weighted by Crippen LogP contribution is 1.86. The largest absolute Gasteiger partial charge is 0.478 e. The van der Waals surface area contributed by atoms with Gasteiger partial charge in [-0.15, -0.1) is 5.10 Å². The van der Waals surface area contributed by atoms with E-state index in [0.717, 1.165) is 0 Å². The SMILES string of the molecule is C=C(CNCCn1ccnn1)C(=O)O. The second kappa shape index (κ2) is 5.13. The lowest BCUT2D eigenvalue weighted by molar-refractivity contribution is -0.132. The first-order valence-electron chi connectivity index (χ1n) is 4.16. The van der Waals surface area contributed by atoms with E-state index in [1.54, 1.807) is 17.1 Å². The molecule has 1 aromatic heterocycles. The lowest BCUT2D eigenvalue weighted by Crippen LogP contribution is -2.24. The van der Waals surface area contributed by atoms with Gasteiger partial charge < -0.3 is 10.4 Å². The summed E-state index contributed by atoms with van der Waals surface area (Å²) in [5, 5.41) is 18.8. The van der Waals surface area contributed by atoms with Crippen LogP contribution in [0.4, 0.5) is 0 Å². The molecule has 0 aromatic carbocycles. The Balaban J connectivity index is 2.11. The number of hydrogen-bond acceptors (Lipinski definition) is 4. The number of nitrogens with one attached hydrogen (secondary N) is 1. The molecule has 0 aliphatic rings. The van der Waals surface area contributed by atoms with Gasteiger partial charge in [0.25, 0.3) is 0 Å². The molecule has 1 heterocycles. The highest BCUT2D eigenvalue weighted by molar-refractivity contribution is 5.86. The zero-order valence-corrected chi connectivity index (χ0v) is 7.68. The van der Waals surface area contributed by atoms with E-state index in [2.05, 4.69) is 22.2 Å². The summed E-state index contributed by atoms with van der Waals surface area (Å²) in [5.74, 6) is -0.974. The van der Waals surface area contributed by atoms with Gasteiger partial charge in [-0.05, 0) is 0 Å². The minimum Gasteiger partial charge on any atom is -0.478 e. The van der Waals surface area contributed by atoms with Crippen LogP contribution in [0.3, 0.4) is 0 Å². The van der Waals surface area contributed by atoms with Crippen molar-refractivity contribution in [1.82, 2.24) is 20.3 Å². The van der Waals surface area contributed by atoms with Gasteiger partial charge in [-0.2, -0.15) is 0 Å². The maximum atomic E-state index is 10.4. The lowest BCUT2D eigenvalue weighted by Gasteiger charge is -2.03. The number of carboxylic acid groups (broad SMARTS) is 1. The van der Waals surface area contributed by atoms with E-state index in [1.807, 2.05) is 0 Å². The van der Waals surface area contributed by atoms with Crippen molar-refractivity contribution >= 4 is 5.97 Å². The van der Waals surface area contributed by atoms with E-state index in [1.165, 1.54) is 0 Å². The Morgan fingerprint density at radius 3 is 3.00 bits per heavy atom. The topological polar surface area (TPSA) is 80.0 Å². The van der Waals surface area contributed by atoms with Crippen molar-refractivity contribution in [3.05, 3.63) is 24.5 Å². The highest BCUT2D eigenvalue weighted by atomic mass is 16.4. The van der Waals surface area contributed by atoms with E-state index >= 15 is 0 Å². The van der Waals surface area contributed by atoms with Crippen LogP contribution in [-0.2, 0) is 11.3 Å². The molecule has 0 unspecified atom stereocenters. The van der Waals surface area contributed by atoms with Crippen LogP contribution in [-0.4, -0.2) is 39.2 Å². The summed E-state index contributed by atoms with van der Waals surface area (Å²) in [6.07, 6.45) is 3.34. The molecule has 0 fully saturated rings. The van der Waals surface area contributed by atoms with E-state index < -0.39 is 5.97 Å². The van der Waals surface area contributed by atoms with E-state index in [4.69, 9.17) is 5.11 Å². The van der Waals surface area contributed by atoms with Gasteiger partial charge in [0.1, 0.15) is 0 Å². The molecule has 0 radical (unpaired) electrons. The van der Waals surface area contributed by atoms with Gasteiger partial charge in [-0.1, -0.05) is 11.8 Å². The third-order valence-corrected chi connectivity index (χ3v) is 1.63. The number of nitrogens with zero attached hydrogens (tertiary/aromatic N) is 3. The van der Waals surface area contributed by atoms with E-state index in [0.29, 0.717) is 13.1 Å². The van der Waals surface area contributed by atoms with Crippen molar-refractivity contribution in [2.24, 2.45) is 0 Å². The molecule has 0 aliphatic heterocycles. The van der Waals surface area contributed by atoms with Crippen molar-refractivity contribution in [1.29, 1.82) is 0 Å². The number of carbonyl (C=O) groups is 1. The molecule has 0 bridgehead atoms. The molecule has 0 saturated heterocycles. The minimum atomic E-state index is -0.974. The zero-order valence-electron chi connectivity index (χ0n) is 7.68. The third kappa shape index (κ3) is 3.36. The molecule has 0 amide bonds. The third-order valence-electron chi connectivity index (χ3n) is 1.63. The summed E-state index contributed by atoms with van der Waals surface area (Å²) >= 11 is 0. The Morgan fingerprint density at radius 2 is 2.43 bits per heavy atom. The van der Waals surface area contributed by atoms with Crippen LogP contribution >= 0.6 is 0 Å². The van der Waals surface area contributed by atoms with Crippen LogP contribution in [0.5, 0.6) is 0 Å². The fourth-order valence-corrected chi connectivity index (χ4v) is 0.860. The molecule has 1 aromatic rings. The maximum absolute atomic E-state index is 10.4. The smallest absolute Gasteiger partial charge is 0.332 e. The fraction of sp³-hybridized carbons (Fsp3) is 0.375. The summed E-state index contributed by atoms with van der Waals surface area (Å²) in [5.41, 5.74) is 0.156. The van der Waals surface area contributed by atoms with Crippen molar-refractivity contribution in [3.63, 3.8) is 0 Å². The van der Waals surface area contributed by atoms with Gasteiger partial charge in [0.15, 0.2) is 0 Å². The van der Waals surface area contributed by atoms with Crippen molar-refractivity contribution in [2.75, 3.05) is 13.1 Å². The van der Waals surface area contributed by atoms with Crippen LogP contribution in [0.2, 0.25) is 0 Å². The average Bonchev–Trinajstić information content (AvgIpc) is 2.64. The number of aliphatic carboxylic acids is 1. The van der Waals surface area contributed by atoms with Crippen LogP contribution in [0.1, 0.15) is 0 Å². The van der Waals surface area contributed by atoms with E-state index in [-0.39, 0.29) is 12.1 Å². The first kappa shape index (κ1) is 10.4. The van der Waals surface area contributed by atoms with Crippen LogP contribution in [0, 0.1) is 0 Å². The molecular weight excluding hydrogens is 184 g/mol. The summed E-state index contributed by atoms with van der Waals surface area (Å²) in [6.45, 7) is 4.97. The molecule has 0 aliphatic carbocycles. The van der Waals surface area contributed by atoms with Crippen LogP contribution in [0.15, 0.2) is 24.5 Å². The Hall–Kier alpha value is -1.69. The second-order valence-electron chi connectivity index (χ2n) is 2.75. The number of carboxylic acids is 1. The van der Waals surface area contributed by atoms with Crippen LogP contribution in [0.25, 0.3) is 0 Å². The number of hydrogen-bond donors (Lipinski definition) is 2. The minimum absolute atomic E-state index is 0.156. The molecule has 0 saturated carbocycles. The zero-order chi connectivity index (χ0) is 10.4. The predicted molar refractivity (Wildman–Crippen MR) is 49.7 cm³/mol. The van der Waals surface area contributed by atoms with Crippen molar-refractivity contribution in [3.8, 4) is 0 Å².